The van der Waals surface area contributed by atoms with Crippen LogP contribution in [0.25, 0.3) is 6.08 Å². The van der Waals surface area contributed by atoms with E-state index in [2.05, 4.69) is 12.2 Å². The Morgan fingerprint density at radius 2 is 1.56 bits per heavy atom. The largest absolute Gasteiger partial charge is 0.494 e. The number of nitrogens with zero attached hydrogens (tertiary/aromatic N) is 1. The summed E-state index contributed by atoms with van der Waals surface area (Å²) in [5.74, 6) is -0.542. The Hall–Kier alpha value is -3.41. The number of amides is 4. The van der Waals surface area contributed by atoms with E-state index in [4.69, 9.17) is 4.74 Å². The topological polar surface area (TPSA) is 75.7 Å². The highest BCUT2D eigenvalue weighted by molar-refractivity contribution is 6.30. The first-order chi connectivity index (χ1) is 15.6. The van der Waals surface area contributed by atoms with E-state index in [0.717, 1.165) is 22.6 Å². The highest BCUT2D eigenvalue weighted by Gasteiger charge is 2.35. The molecular weight excluding hydrogens is 404 g/mol. The van der Waals surface area contributed by atoms with Crippen molar-refractivity contribution in [1.82, 2.24) is 10.2 Å². The number of urea groups is 1. The number of unbranched alkanes of at least 4 members (excludes halogenated alkanes) is 5. The van der Waals surface area contributed by atoms with Crippen molar-refractivity contribution < 1.29 is 19.1 Å². The maximum atomic E-state index is 12.8. The number of ether oxygens (including phenoxy) is 1. The lowest BCUT2D eigenvalue weighted by Crippen LogP contribution is -2.53. The summed E-state index contributed by atoms with van der Waals surface area (Å²) in [5, 5.41) is 2.25. The van der Waals surface area contributed by atoms with Crippen LogP contribution in [-0.4, -0.2) is 29.4 Å². The van der Waals surface area contributed by atoms with Gasteiger partial charge >= 0.3 is 6.03 Å². The highest BCUT2D eigenvalue weighted by Crippen LogP contribution is 2.19. The normalized spacial score (nSPS) is 15.2. The number of hydrogen-bond acceptors (Lipinski definition) is 4. The minimum absolute atomic E-state index is 0.0683. The summed E-state index contributed by atoms with van der Waals surface area (Å²) in [6, 6.07) is 15.7. The van der Waals surface area contributed by atoms with Crippen LogP contribution in [0.4, 0.5) is 4.79 Å². The van der Waals surface area contributed by atoms with Crippen LogP contribution in [0.5, 0.6) is 5.75 Å². The second-order valence-corrected chi connectivity index (χ2v) is 7.88. The van der Waals surface area contributed by atoms with Gasteiger partial charge in [-0.3, -0.25) is 19.8 Å². The zero-order valence-corrected chi connectivity index (χ0v) is 18.5. The molecule has 1 saturated heterocycles. The third kappa shape index (κ3) is 6.54. The maximum absolute atomic E-state index is 12.8. The molecule has 1 aliphatic heterocycles. The van der Waals surface area contributed by atoms with Gasteiger partial charge in [-0.15, -0.1) is 0 Å². The molecule has 3 rings (SSSR count). The number of benzene rings is 2. The summed E-state index contributed by atoms with van der Waals surface area (Å²) < 4.78 is 5.78. The van der Waals surface area contributed by atoms with E-state index in [1.165, 1.54) is 38.2 Å². The van der Waals surface area contributed by atoms with Crippen LogP contribution in [0.3, 0.4) is 0 Å². The molecule has 6 heteroatoms. The lowest BCUT2D eigenvalue weighted by molar-refractivity contribution is -0.130. The molecule has 0 unspecified atom stereocenters. The van der Waals surface area contributed by atoms with Crippen molar-refractivity contribution in [3.63, 3.8) is 0 Å². The summed E-state index contributed by atoms with van der Waals surface area (Å²) in [7, 11) is 0. The van der Waals surface area contributed by atoms with E-state index in [-0.39, 0.29) is 12.1 Å². The van der Waals surface area contributed by atoms with Crippen LogP contribution in [-0.2, 0) is 16.1 Å². The first-order valence-corrected chi connectivity index (χ1v) is 11.2. The average molecular weight is 435 g/mol. The SMILES string of the molecule is CCCCCCCCOc1ccc(C=C2C(=O)NC(=O)N(Cc3ccccc3)C2=O)cc1. The van der Waals surface area contributed by atoms with E-state index < -0.39 is 17.8 Å². The number of nitrogens with one attached hydrogen (secondary N) is 1. The second-order valence-electron chi connectivity index (χ2n) is 7.88. The third-order valence-corrected chi connectivity index (χ3v) is 5.33. The van der Waals surface area contributed by atoms with Gasteiger partial charge in [-0.25, -0.2) is 4.79 Å². The van der Waals surface area contributed by atoms with Crippen molar-refractivity contribution in [3.05, 3.63) is 71.3 Å². The van der Waals surface area contributed by atoms with Gasteiger partial charge in [0.25, 0.3) is 11.8 Å². The molecule has 32 heavy (non-hydrogen) atoms. The Labute approximate surface area is 189 Å². The lowest BCUT2D eigenvalue weighted by Gasteiger charge is -2.26. The molecule has 0 aromatic heterocycles. The van der Waals surface area contributed by atoms with Crippen molar-refractivity contribution in [3.8, 4) is 5.75 Å². The molecule has 168 valence electrons. The predicted octanol–water partition coefficient (Wildman–Crippen LogP) is 5.09. The van der Waals surface area contributed by atoms with Crippen molar-refractivity contribution in [1.29, 1.82) is 0 Å². The molecule has 1 N–H and O–H groups in total. The summed E-state index contributed by atoms with van der Waals surface area (Å²) in [4.78, 5) is 38.4. The van der Waals surface area contributed by atoms with Crippen LogP contribution in [0, 0.1) is 0 Å². The van der Waals surface area contributed by atoms with Crippen LogP contribution >= 0.6 is 0 Å². The monoisotopic (exact) mass is 434 g/mol. The number of carbonyl (C=O) groups excluding carboxylic acids is 3. The molecule has 0 radical (unpaired) electrons. The number of imide groups is 2. The molecule has 1 fully saturated rings. The first kappa shape index (κ1) is 23.3. The Kier molecular flexibility index (Phi) is 8.61. The molecule has 0 aliphatic carbocycles. The van der Waals surface area contributed by atoms with Crippen molar-refractivity contribution >= 4 is 23.9 Å². The number of hydrogen-bond donors (Lipinski definition) is 1. The second kappa shape index (κ2) is 11.8. The molecule has 2 aromatic carbocycles. The molecular formula is C26H30N2O4. The fourth-order valence-electron chi connectivity index (χ4n) is 3.50. The predicted molar refractivity (Wildman–Crippen MR) is 124 cm³/mol. The number of barbiturate groups is 1. The molecule has 0 saturated carbocycles. The maximum Gasteiger partial charge on any atom is 0.331 e. The molecule has 2 aromatic rings. The highest BCUT2D eigenvalue weighted by atomic mass is 16.5. The quantitative estimate of drug-likeness (QED) is 0.304. The van der Waals surface area contributed by atoms with Gasteiger partial charge in [-0.2, -0.15) is 0 Å². The van der Waals surface area contributed by atoms with Gasteiger partial charge in [0.1, 0.15) is 11.3 Å². The minimum Gasteiger partial charge on any atom is -0.494 e. The molecule has 4 amide bonds. The van der Waals surface area contributed by atoms with Crippen LogP contribution in [0.15, 0.2) is 60.2 Å². The fraction of sp³-hybridized carbons (Fsp3) is 0.346. The van der Waals surface area contributed by atoms with Crippen molar-refractivity contribution in [2.24, 2.45) is 0 Å². The van der Waals surface area contributed by atoms with E-state index in [1.54, 1.807) is 12.1 Å². The van der Waals surface area contributed by atoms with E-state index >= 15 is 0 Å². The van der Waals surface area contributed by atoms with E-state index in [1.807, 2.05) is 42.5 Å². The summed E-state index contributed by atoms with van der Waals surface area (Å²) in [6.45, 7) is 2.98. The molecule has 1 aliphatic rings. The van der Waals surface area contributed by atoms with Crippen LogP contribution in [0.1, 0.15) is 56.6 Å². The van der Waals surface area contributed by atoms with Gasteiger partial charge in [0.15, 0.2) is 0 Å². The Morgan fingerprint density at radius 3 is 2.28 bits per heavy atom. The Balaban J connectivity index is 1.59. The minimum atomic E-state index is -0.709. The van der Waals surface area contributed by atoms with E-state index in [9.17, 15) is 14.4 Å². The number of rotatable bonds is 11. The average Bonchev–Trinajstić information content (AvgIpc) is 2.80. The van der Waals surface area contributed by atoms with Gasteiger partial charge in [0.05, 0.1) is 13.2 Å². The smallest absolute Gasteiger partial charge is 0.331 e. The summed E-state index contributed by atoms with van der Waals surface area (Å²) in [6.07, 6.45) is 8.74. The van der Waals surface area contributed by atoms with Crippen LogP contribution in [0.2, 0.25) is 0 Å². The zero-order chi connectivity index (χ0) is 22.8. The molecule has 0 bridgehead atoms. The number of carbonyl (C=O) groups is 3. The lowest BCUT2D eigenvalue weighted by atomic mass is 10.1. The van der Waals surface area contributed by atoms with Crippen molar-refractivity contribution in [2.45, 2.75) is 52.0 Å². The van der Waals surface area contributed by atoms with Gasteiger partial charge in [0.2, 0.25) is 0 Å². The third-order valence-electron chi connectivity index (χ3n) is 5.33. The van der Waals surface area contributed by atoms with Crippen molar-refractivity contribution in [2.75, 3.05) is 6.61 Å². The van der Waals surface area contributed by atoms with E-state index in [0.29, 0.717) is 12.2 Å². The standard InChI is InChI=1S/C26H30N2O4/c1-2-3-4-5-6-10-17-32-22-15-13-20(14-16-22)18-23-24(29)27-26(31)28(25(23)30)19-21-11-8-7-9-12-21/h7-9,11-16,18H,2-6,10,17,19H2,1H3,(H,27,29,31). The zero-order valence-electron chi connectivity index (χ0n) is 18.5. The Bertz CT molecular complexity index is 952. The fourth-order valence-corrected chi connectivity index (χ4v) is 3.50. The molecule has 0 spiro atoms. The van der Waals surface area contributed by atoms with Gasteiger partial charge in [0, 0.05) is 0 Å². The van der Waals surface area contributed by atoms with Gasteiger partial charge < -0.3 is 4.74 Å². The van der Waals surface area contributed by atoms with Crippen LogP contribution < -0.4 is 10.1 Å². The summed E-state index contributed by atoms with van der Waals surface area (Å²) >= 11 is 0. The Morgan fingerprint density at radius 1 is 0.875 bits per heavy atom. The molecule has 1 heterocycles. The molecule has 6 nitrogen and oxygen atoms in total. The summed E-state index contributed by atoms with van der Waals surface area (Å²) in [5.41, 5.74) is 1.42. The first-order valence-electron chi connectivity index (χ1n) is 11.2. The van der Waals surface area contributed by atoms with Gasteiger partial charge in [-0.05, 0) is 35.8 Å². The van der Waals surface area contributed by atoms with Gasteiger partial charge in [-0.1, -0.05) is 81.5 Å². The molecule has 0 atom stereocenters.